The molecule has 1 aliphatic heterocycles. The molecule has 0 radical (unpaired) electrons. The van der Waals surface area contributed by atoms with E-state index in [2.05, 4.69) is 30.9 Å². The minimum absolute atomic E-state index is 0.167. The van der Waals surface area contributed by atoms with Crippen molar-refractivity contribution >= 4 is 35.2 Å². The first-order valence-corrected chi connectivity index (χ1v) is 9.78. The van der Waals surface area contributed by atoms with E-state index in [0.717, 1.165) is 0 Å². The molecule has 0 saturated carbocycles. The van der Waals surface area contributed by atoms with E-state index in [0.29, 0.717) is 35.3 Å². The molecule has 2 unspecified atom stereocenters. The fourth-order valence-corrected chi connectivity index (χ4v) is 2.99. The van der Waals surface area contributed by atoms with E-state index in [1.54, 1.807) is 18.3 Å². The van der Waals surface area contributed by atoms with Gasteiger partial charge in [0.05, 0.1) is 18.4 Å². The van der Waals surface area contributed by atoms with Crippen LogP contribution in [0, 0.1) is 0 Å². The van der Waals surface area contributed by atoms with Crippen molar-refractivity contribution in [1.29, 1.82) is 0 Å². The van der Waals surface area contributed by atoms with Crippen LogP contribution in [0.5, 0.6) is 0 Å². The maximum absolute atomic E-state index is 12.3. The average molecular weight is 441 g/mol. The van der Waals surface area contributed by atoms with Gasteiger partial charge in [0, 0.05) is 17.7 Å². The number of hydrogen-bond acceptors (Lipinski definition) is 9. The number of carboxylic acid groups (broad SMARTS) is 2. The highest BCUT2D eigenvalue weighted by molar-refractivity contribution is 6.01. The summed E-state index contributed by atoms with van der Waals surface area (Å²) in [7, 11) is 0. The molecule has 0 bridgehead atoms. The molecule has 12 nitrogen and oxygen atoms in total. The molecule has 2 atom stereocenters. The van der Waals surface area contributed by atoms with Gasteiger partial charge < -0.3 is 31.9 Å². The van der Waals surface area contributed by atoms with E-state index >= 15 is 0 Å². The van der Waals surface area contributed by atoms with Gasteiger partial charge in [0.25, 0.3) is 5.91 Å². The second-order valence-corrected chi connectivity index (χ2v) is 7.12. The smallest absolute Gasteiger partial charge is 0.326 e. The first-order valence-electron chi connectivity index (χ1n) is 9.78. The SMILES string of the molecule is CC1N=C(N)c2nc(CNc3ccc(C(=O)NC(CCC(=O)O)C(=O)O)cc3)cnc2N1. The number of hydrogen-bond donors (Lipinski definition) is 6. The number of nitrogens with two attached hydrogens (primary N) is 1. The van der Waals surface area contributed by atoms with E-state index in [4.69, 9.17) is 15.9 Å². The highest BCUT2D eigenvalue weighted by Gasteiger charge is 2.22. The predicted molar refractivity (Wildman–Crippen MR) is 115 cm³/mol. The Kier molecular flexibility index (Phi) is 6.83. The van der Waals surface area contributed by atoms with E-state index in [-0.39, 0.29) is 24.6 Å². The maximum atomic E-state index is 12.3. The normalized spacial score (nSPS) is 15.5. The number of aromatic nitrogens is 2. The van der Waals surface area contributed by atoms with Crippen LogP contribution in [0.1, 0.15) is 41.5 Å². The topological polar surface area (TPSA) is 192 Å². The number of aliphatic imine (C=N–C) groups is 1. The summed E-state index contributed by atoms with van der Waals surface area (Å²) >= 11 is 0. The summed E-state index contributed by atoms with van der Waals surface area (Å²) in [4.78, 5) is 47.2. The maximum Gasteiger partial charge on any atom is 0.326 e. The molecule has 12 heteroatoms. The van der Waals surface area contributed by atoms with E-state index in [9.17, 15) is 14.4 Å². The van der Waals surface area contributed by atoms with Gasteiger partial charge in [0.1, 0.15) is 17.9 Å². The second kappa shape index (κ2) is 9.73. The third-order valence-corrected chi connectivity index (χ3v) is 4.61. The number of anilines is 2. The molecule has 2 aromatic rings. The molecule has 3 rings (SSSR count). The zero-order valence-corrected chi connectivity index (χ0v) is 17.2. The van der Waals surface area contributed by atoms with E-state index in [1.165, 1.54) is 12.1 Å². The third-order valence-electron chi connectivity index (χ3n) is 4.61. The van der Waals surface area contributed by atoms with Crippen LogP contribution < -0.4 is 21.7 Å². The molecule has 1 aliphatic rings. The molecule has 0 spiro atoms. The highest BCUT2D eigenvalue weighted by Crippen LogP contribution is 2.17. The van der Waals surface area contributed by atoms with Gasteiger partial charge in [-0.15, -0.1) is 0 Å². The van der Waals surface area contributed by atoms with E-state index < -0.39 is 23.9 Å². The molecule has 168 valence electrons. The number of amides is 1. The number of nitrogens with one attached hydrogen (secondary N) is 3. The molecule has 0 aliphatic carbocycles. The summed E-state index contributed by atoms with van der Waals surface area (Å²) < 4.78 is 0. The van der Waals surface area contributed by atoms with Gasteiger partial charge in [-0.05, 0) is 37.6 Å². The Hall–Kier alpha value is -4.22. The van der Waals surface area contributed by atoms with Crippen LogP contribution in [0.15, 0.2) is 35.5 Å². The molecule has 32 heavy (non-hydrogen) atoms. The Morgan fingerprint density at radius 3 is 2.59 bits per heavy atom. The van der Waals surface area contributed by atoms with Crippen LogP contribution in [-0.4, -0.2) is 56.1 Å². The summed E-state index contributed by atoms with van der Waals surface area (Å²) in [6.07, 6.45) is 0.883. The standard InChI is InChI=1S/C20H23N7O5/c1-10-24-17(21)16-18(25-10)23-9-13(26-16)8-22-12-4-2-11(3-5-12)19(30)27-14(20(31)32)6-7-15(28)29/h2-5,9-10,14,22H,6-8H2,1H3,(H2,21,24)(H,23,25)(H,27,30)(H,28,29)(H,31,32). The monoisotopic (exact) mass is 441 g/mol. The van der Waals surface area contributed by atoms with Crippen LogP contribution in [0.4, 0.5) is 11.5 Å². The molecule has 1 aromatic heterocycles. The van der Waals surface area contributed by atoms with Crippen molar-refractivity contribution < 1.29 is 24.6 Å². The summed E-state index contributed by atoms with van der Waals surface area (Å²) in [6.45, 7) is 2.21. The van der Waals surface area contributed by atoms with Gasteiger partial charge >= 0.3 is 11.9 Å². The van der Waals surface area contributed by atoms with Crippen LogP contribution in [0.2, 0.25) is 0 Å². The molecule has 1 amide bonds. The number of amidine groups is 1. The average Bonchev–Trinajstić information content (AvgIpc) is 2.75. The van der Waals surface area contributed by atoms with Crippen molar-refractivity contribution in [3.8, 4) is 0 Å². The molecular formula is C20H23N7O5. The summed E-state index contributed by atoms with van der Waals surface area (Å²) in [6, 6.07) is 5.09. The second-order valence-electron chi connectivity index (χ2n) is 7.12. The lowest BCUT2D eigenvalue weighted by molar-refractivity contribution is -0.140. The molecule has 7 N–H and O–H groups in total. The van der Waals surface area contributed by atoms with Gasteiger partial charge in [-0.3, -0.25) is 9.59 Å². The quantitative estimate of drug-likeness (QED) is 0.321. The summed E-state index contributed by atoms with van der Waals surface area (Å²) in [5, 5.41) is 26.4. The lowest BCUT2D eigenvalue weighted by Gasteiger charge is -2.19. The van der Waals surface area contributed by atoms with Gasteiger partial charge in [0.15, 0.2) is 11.7 Å². The Balaban J connectivity index is 1.59. The first-order chi connectivity index (χ1) is 15.2. The number of nitrogens with zero attached hydrogens (tertiary/aromatic N) is 3. The minimum Gasteiger partial charge on any atom is -0.481 e. The number of carbonyl (C=O) groups is 3. The summed E-state index contributed by atoms with van der Waals surface area (Å²) in [5.41, 5.74) is 8.01. The first kappa shape index (κ1) is 22.5. The van der Waals surface area contributed by atoms with Crippen LogP contribution in [-0.2, 0) is 16.1 Å². The van der Waals surface area contributed by atoms with Gasteiger partial charge in [0.2, 0.25) is 0 Å². The predicted octanol–water partition coefficient (Wildman–Crippen LogP) is 0.613. The van der Waals surface area contributed by atoms with Crippen LogP contribution >= 0.6 is 0 Å². The fraction of sp³-hybridized carbons (Fsp3) is 0.300. The van der Waals surface area contributed by atoms with Gasteiger partial charge in [-0.25, -0.2) is 19.8 Å². The Morgan fingerprint density at radius 2 is 1.94 bits per heavy atom. The lowest BCUT2D eigenvalue weighted by Crippen LogP contribution is -2.41. The number of carbonyl (C=O) groups excluding carboxylic acids is 1. The number of benzene rings is 1. The zero-order chi connectivity index (χ0) is 23.3. The van der Waals surface area contributed by atoms with Crippen molar-refractivity contribution in [2.75, 3.05) is 10.6 Å². The van der Waals surface area contributed by atoms with Crippen LogP contribution in [0.3, 0.4) is 0 Å². The summed E-state index contributed by atoms with van der Waals surface area (Å²) in [5.74, 6) is -2.14. The largest absolute Gasteiger partial charge is 0.481 e. The molecular weight excluding hydrogens is 418 g/mol. The molecule has 0 fully saturated rings. The fourth-order valence-electron chi connectivity index (χ4n) is 2.99. The molecule has 2 heterocycles. The number of carboxylic acids is 2. The Morgan fingerprint density at radius 1 is 1.22 bits per heavy atom. The van der Waals surface area contributed by atoms with Crippen LogP contribution in [0.25, 0.3) is 0 Å². The van der Waals surface area contributed by atoms with Crippen molar-refractivity contribution in [1.82, 2.24) is 15.3 Å². The van der Waals surface area contributed by atoms with Crippen molar-refractivity contribution in [3.05, 3.63) is 47.4 Å². The highest BCUT2D eigenvalue weighted by atomic mass is 16.4. The Labute approximate surface area is 183 Å². The molecule has 0 saturated heterocycles. The lowest BCUT2D eigenvalue weighted by atomic mass is 10.1. The minimum atomic E-state index is -1.29. The number of rotatable bonds is 9. The molecule has 1 aromatic carbocycles. The number of fused-ring (bicyclic) bond motifs is 1. The van der Waals surface area contributed by atoms with Gasteiger partial charge in [-0.2, -0.15) is 0 Å². The Bertz CT molecular complexity index is 1050. The van der Waals surface area contributed by atoms with Crippen molar-refractivity contribution in [2.45, 2.75) is 38.5 Å². The third kappa shape index (κ3) is 5.68. The van der Waals surface area contributed by atoms with Gasteiger partial charge in [-0.1, -0.05) is 0 Å². The van der Waals surface area contributed by atoms with E-state index in [1.807, 2.05) is 6.92 Å². The van der Waals surface area contributed by atoms with Crippen molar-refractivity contribution in [2.24, 2.45) is 10.7 Å². The zero-order valence-electron chi connectivity index (χ0n) is 17.2. The van der Waals surface area contributed by atoms with Crippen molar-refractivity contribution in [3.63, 3.8) is 0 Å². The number of aliphatic carboxylic acids is 2.